The lowest BCUT2D eigenvalue weighted by Crippen LogP contribution is -2.25. The number of nitrogens with zero attached hydrogens (tertiary/aromatic N) is 2. The van der Waals surface area contributed by atoms with E-state index in [1.165, 1.54) is 11.8 Å². The molecule has 0 saturated carbocycles. The molecule has 1 amide bonds. The third kappa shape index (κ3) is 5.24. The van der Waals surface area contributed by atoms with Crippen LogP contribution in [0.25, 0.3) is 10.9 Å². The highest BCUT2D eigenvalue weighted by atomic mass is 35.5. The van der Waals surface area contributed by atoms with Crippen LogP contribution < -0.4 is 10.9 Å². The molecule has 0 aliphatic carbocycles. The quantitative estimate of drug-likeness (QED) is 0.390. The Morgan fingerprint density at radius 2 is 1.97 bits per heavy atom. The van der Waals surface area contributed by atoms with Crippen molar-refractivity contribution in [3.05, 3.63) is 62.9 Å². The minimum absolute atomic E-state index is 0.0680. The molecule has 1 aromatic heterocycles. The third-order valence-electron chi connectivity index (χ3n) is 4.79. The number of carbonyl (C=O) groups excluding carboxylic acids is 1. The molecule has 0 bridgehead atoms. The smallest absolute Gasteiger partial charge is 0.262 e. The first-order valence-electron chi connectivity index (χ1n) is 9.95. The summed E-state index contributed by atoms with van der Waals surface area (Å²) in [5.41, 5.74) is 3.15. The number of aromatic nitrogens is 2. The molecular formula is C23H26ClN3O2S. The summed E-state index contributed by atoms with van der Waals surface area (Å²) in [6.45, 7) is 8.68. The highest BCUT2D eigenvalue weighted by Crippen LogP contribution is 2.28. The lowest BCUT2D eigenvalue weighted by Gasteiger charge is -2.15. The van der Waals surface area contributed by atoms with Crippen LogP contribution in [-0.4, -0.2) is 21.2 Å². The maximum atomic E-state index is 13.0. The topological polar surface area (TPSA) is 64.0 Å². The normalized spacial score (nSPS) is 11.3. The molecule has 1 N–H and O–H groups in total. The zero-order valence-corrected chi connectivity index (χ0v) is 19.2. The Morgan fingerprint density at radius 1 is 1.23 bits per heavy atom. The molecule has 3 aromatic rings. The maximum Gasteiger partial charge on any atom is 0.262 e. The number of nitrogens with one attached hydrogen (secondary N) is 1. The highest BCUT2D eigenvalue weighted by Gasteiger charge is 2.15. The molecule has 0 fully saturated rings. The van der Waals surface area contributed by atoms with Gasteiger partial charge in [0.25, 0.3) is 5.56 Å². The molecule has 0 aliphatic heterocycles. The monoisotopic (exact) mass is 443 g/mol. The minimum Gasteiger partial charge on any atom is -0.324 e. The Balaban J connectivity index is 1.83. The van der Waals surface area contributed by atoms with Crippen molar-refractivity contribution in [2.75, 3.05) is 11.1 Å². The van der Waals surface area contributed by atoms with Crippen molar-refractivity contribution in [2.24, 2.45) is 5.92 Å². The Labute approximate surface area is 185 Å². The zero-order valence-electron chi connectivity index (χ0n) is 17.7. The van der Waals surface area contributed by atoms with Crippen LogP contribution in [-0.2, 0) is 11.3 Å². The number of halogens is 1. The van der Waals surface area contributed by atoms with Gasteiger partial charge in [0, 0.05) is 6.54 Å². The van der Waals surface area contributed by atoms with Gasteiger partial charge in [-0.05, 0) is 55.5 Å². The SMILES string of the molecule is Cc1cc(C)c(NC(=O)CSc2nc3ccccc3c(=O)n2CCC(C)C)c(Cl)c1. The first-order valence-corrected chi connectivity index (χ1v) is 11.3. The van der Waals surface area contributed by atoms with Crippen LogP contribution >= 0.6 is 23.4 Å². The summed E-state index contributed by atoms with van der Waals surface area (Å²) >= 11 is 7.57. The molecule has 7 heteroatoms. The molecule has 0 saturated heterocycles. The summed E-state index contributed by atoms with van der Waals surface area (Å²) in [5, 5.41) is 4.56. The van der Waals surface area contributed by atoms with E-state index < -0.39 is 0 Å². The van der Waals surface area contributed by atoms with Crippen molar-refractivity contribution in [2.45, 2.75) is 45.8 Å². The van der Waals surface area contributed by atoms with Crippen molar-refractivity contribution in [1.29, 1.82) is 0 Å². The maximum absolute atomic E-state index is 13.0. The molecule has 1 heterocycles. The number of thioether (sulfide) groups is 1. The zero-order chi connectivity index (χ0) is 21.8. The van der Waals surface area contributed by atoms with Gasteiger partial charge < -0.3 is 5.32 Å². The fourth-order valence-electron chi connectivity index (χ4n) is 3.22. The molecule has 0 spiro atoms. The van der Waals surface area contributed by atoms with E-state index in [1.807, 2.05) is 44.2 Å². The fourth-order valence-corrected chi connectivity index (χ4v) is 4.42. The van der Waals surface area contributed by atoms with Gasteiger partial charge in [-0.3, -0.25) is 14.2 Å². The van der Waals surface area contributed by atoms with Crippen LogP contribution in [0.4, 0.5) is 5.69 Å². The van der Waals surface area contributed by atoms with E-state index in [2.05, 4.69) is 24.1 Å². The molecule has 0 aliphatic rings. The van der Waals surface area contributed by atoms with Crippen molar-refractivity contribution in [3.63, 3.8) is 0 Å². The summed E-state index contributed by atoms with van der Waals surface area (Å²) in [5.74, 6) is 0.402. The number of benzene rings is 2. The number of fused-ring (bicyclic) bond motifs is 1. The number of rotatable bonds is 7. The van der Waals surface area contributed by atoms with Crippen LogP contribution in [0.15, 0.2) is 46.3 Å². The van der Waals surface area contributed by atoms with Gasteiger partial charge in [0.1, 0.15) is 0 Å². The molecule has 3 rings (SSSR count). The Hall–Kier alpha value is -2.31. The summed E-state index contributed by atoms with van der Waals surface area (Å²) < 4.78 is 1.68. The summed E-state index contributed by atoms with van der Waals surface area (Å²) in [4.78, 5) is 30.3. The van der Waals surface area contributed by atoms with Gasteiger partial charge in [0.15, 0.2) is 5.16 Å². The van der Waals surface area contributed by atoms with E-state index in [0.717, 1.165) is 17.5 Å². The second kappa shape index (κ2) is 9.67. The second-order valence-corrected chi connectivity index (χ2v) is 9.18. The first kappa shape index (κ1) is 22.4. The van der Waals surface area contributed by atoms with Gasteiger partial charge in [-0.2, -0.15) is 0 Å². The van der Waals surface area contributed by atoms with Crippen molar-refractivity contribution < 1.29 is 4.79 Å². The van der Waals surface area contributed by atoms with Crippen LogP contribution in [0, 0.1) is 19.8 Å². The molecule has 158 valence electrons. The molecule has 0 radical (unpaired) electrons. The molecular weight excluding hydrogens is 418 g/mol. The van der Waals surface area contributed by atoms with Gasteiger partial charge in [-0.15, -0.1) is 0 Å². The standard InChI is InChI=1S/C23H26ClN3O2S/c1-14(2)9-10-27-22(29)17-7-5-6-8-19(17)25-23(27)30-13-20(28)26-21-16(4)11-15(3)12-18(21)24/h5-8,11-12,14H,9-10,13H2,1-4H3,(H,26,28). The second-order valence-electron chi connectivity index (χ2n) is 7.83. The van der Waals surface area contributed by atoms with Gasteiger partial charge in [0.05, 0.1) is 27.4 Å². The number of carbonyl (C=O) groups is 1. The Bertz CT molecular complexity index is 1120. The third-order valence-corrected chi connectivity index (χ3v) is 6.06. The van der Waals surface area contributed by atoms with E-state index in [-0.39, 0.29) is 17.2 Å². The lowest BCUT2D eigenvalue weighted by molar-refractivity contribution is -0.113. The predicted molar refractivity (Wildman–Crippen MR) is 126 cm³/mol. The molecule has 30 heavy (non-hydrogen) atoms. The minimum atomic E-state index is -0.188. The molecule has 2 aromatic carbocycles. The molecule has 0 atom stereocenters. The van der Waals surface area contributed by atoms with E-state index in [1.54, 1.807) is 10.6 Å². The van der Waals surface area contributed by atoms with Crippen molar-refractivity contribution in [3.8, 4) is 0 Å². The number of anilines is 1. The van der Waals surface area contributed by atoms with Crippen molar-refractivity contribution in [1.82, 2.24) is 9.55 Å². The van der Waals surface area contributed by atoms with Crippen molar-refractivity contribution >= 4 is 45.9 Å². The molecule has 0 unspecified atom stereocenters. The number of para-hydroxylation sites is 1. The van der Waals surface area contributed by atoms with E-state index in [9.17, 15) is 9.59 Å². The lowest BCUT2D eigenvalue weighted by atomic mass is 10.1. The number of hydrogen-bond donors (Lipinski definition) is 1. The van der Waals surface area contributed by atoms with E-state index in [0.29, 0.717) is 39.2 Å². The highest BCUT2D eigenvalue weighted by molar-refractivity contribution is 7.99. The van der Waals surface area contributed by atoms with E-state index >= 15 is 0 Å². The van der Waals surface area contributed by atoms with E-state index in [4.69, 9.17) is 11.6 Å². The summed E-state index contributed by atoms with van der Waals surface area (Å²) in [7, 11) is 0. The predicted octanol–water partition coefficient (Wildman–Crippen LogP) is 5.44. The van der Waals surface area contributed by atoms with Gasteiger partial charge in [-0.1, -0.05) is 55.4 Å². The van der Waals surface area contributed by atoms with Gasteiger partial charge in [-0.25, -0.2) is 4.98 Å². The van der Waals surface area contributed by atoms with Crippen LogP contribution in [0.5, 0.6) is 0 Å². The number of aryl methyl sites for hydroxylation is 2. The van der Waals surface area contributed by atoms with Gasteiger partial charge in [0.2, 0.25) is 5.91 Å². The summed E-state index contributed by atoms with van der Waals surface area (Å²) in [6, 6.07) is 11.1. The number of hydrogen-bond acceptors (Lipinski definition) is 4. The number of amides is 1. The largest absolute Gasteiger partial charge is 0.324 e. The van der Waals surface area contributed by atoms with Crippen LogP contribution in [0.1, 0.15) is 31.4 Å². The summed E-state index contributed by atoms with van der Waals surface area (Å²) in [6.07, 6.45) is 0.859. The van der Waals surface area contributed by atoms with Gasteiger partial charge >= 0.3 is 0 Å². The fraction of sp³-hybridized carbons (Fsp3) is 0.348. The Morgan fingerprint density at radius 3 is 2.67 bits per heavy atom. The Kier molecular flexibility index (Phi) is 7.21. The van der Waals surface area contributed by atoms with Crippen LogP contribution in [0.3, 0.4) is 0 Å². The molecule has 5 nitrogen and oxygen atoms in total. The average molecular weight is 444 g/mol. The average Bonchev–Trinajstić information content (AvgIpc) is 2.68. The van der Waals surface area contributed by atoms with Crippen LogP contribution in [0.2, 0.25) is 5.02 Å². The first-order chi connectivity index (χ1) is 14.3.